The monoisotopic (exact) mass is 333 g/mol. The number of fused-ring (bicyclic) bond motifs is 1. The number of benzene rings is 2. The zero-order valence-corrected chi connectivity index (χ0v) is 14.8. The van der Waals surface area contributed by atoms with Crippen LogP contribution in [-0.4, -0.2) is 5.37 Å². The van der Waals surface area contributed by atoms with E-state index in [2.05, 4.69) is 73.8 Å². The van der Waals surface area contributed by atoms with Crippen LogP contribution < -0.4 is 5.32 Å². The molecule has 22 heavy (non-hydrogen) atoms. The molecular formula is C19H24ClNS. The van der Waals surface area contributed by atoms with Gasteiger partial charge in [-0.3, -0.25) is 5.32 Å². The third-order valence-electron chi connectivity index (χ3n) is 4.58. The van der Waals surface area contributed by atoms with Crippen molar-refractivity contribution < 1.29 is 0 Å². The Kier molecular flexibility index (Phi) is 5.96. The van der Waals surface area contributed by atoms with E-state index in [1.54, 1.807) is 0 Å². The molecule has 1 aliphatic rings. The summed E-state index contributed by atoms with van der Waals surface area (Å²) in [5.74, 6) is 0. The summed E-state index contributed by atoms with van der Waals surface area (Å²) >= 11 is 1.97. The third kappa shape index (κ3) is 3.34. The molecule has 0 fully saturated rings. The standard InChI is InChI=1S/C19H23NS.ClH/c1-3-19(4-2)16-12-8-9-13-17(16)21-18(20-19)14-15-10-6-5-7-11-15;/h5-13,18,20H,3-4,14H2,1-2H3;1H. The average molecular weight is 334 g/mol. The predicted molar refractivity (Wildman–Crippen MR) is 98.9 cm³/mol. The summed E-state index contributed by atoms with van der Waals surface area (Å²) in [5.41, 5.74) is 3.01. The molecule has 1 N–H and O–H groups in total. The molecule has 0 saturated heterocycles. The molecule has 118 valence electrons. The Hall–Kier alpha value is -0.960. The molecule has 0 saturated carbocycles. The van der Waals surface area contributed by atoms with Gasteiger partial charge in [-0.25, -0.2) is 0 Å². The Morgan fingerprint density at radius 1 is 0.955 bits per heavy atom. The molecule has 0 bridgehead atoms. The molecule has 1 aliphatic heterocycles. The summed E-state index contributed by atoms with van der Waals surface area (Å²) in [6.07, 6.45) is 3.33. The smallest absolute Gasteiger partial charge is 0.0627 e. The van der Waals surface area contributed by atoms with Crippen molar-refractivity contribution in [2.75, 3.05) is 0 Å². The van der Waals surface area contributed by atoms with Gasteiger partial charge in [-0.1, -0.05) is 62.4 Å². The van der Waals surface area contributed by atoms with Gasteiger partial charge in [0.2, 0.25) is 0 Å². The van der Waals surface area contributed by atoms with Gasteiger partial charge in [0.1, 0.15) is 0 Å². The maximum Gasteiger partial charge on any atom is 0.0627 e. The molecule has 1 unspecified atom stereocenters. The summed E-state index contributed by atoms with van der Waals surface area (Å²) in [6.45, 7) is 4.59. The van der Waals surface area contributed by atoms with Gasteiger partial charge in [-0.15, -0.1) is 24.2 Å². The lowest BCUT2D eigenvalue weighted by Gasteiger charge is -2.43. The van der Waals surface area contributed by atoms with Gasteiger partial charge in [0.05, 0.1) is 5.37 Å². The highest BCUT2D eigenvalue weighted by molar-refractivity contribution is 8.00. The van der Waals surface area contributed by atoms with Crippen molar-refractivity contribution in [1.82, 2.24) is 5.32 Å². The summed E-state index contributed by atoms with van der Waals surface area (Å²) in [6, 6.07) is 19.7. The number of thioether (sulfide) groups is 1. The summed E-state index contributed by atoms with van der Waals surface area (Å²) in [7, 11) is 0. The van der Waals surface area contributed by atoms with E-state index >= 15 is 0 Å². The van der Waals surface area contributed by atoms with E-state index in [1.807, 2.05) is 11.8 Å². The van der Waals surface area contributed by atoms with E-state index in [0.29, 0.717) is 5.37 Å². The van der Waals surface area contributed by atoms with Gasteiger partial charge in [0.25, 0.3) is 0 Å². The van der Waals surface area contributed by atoms with Crippen LogP contribution in [0.5, 0.6) is 0 Å². The van der Waals surface area contributed by atoms with Gasteiger partial charge in [0.15, 0.2) is 0 Å². The minimum Gasteiger partial charge on any atom is -0.295 e. The Morgan fingerprint density at radius 3 is 2.27 bits per heavy atom. The van der Waals surface area contributed by atoms with Crippen molar-refractivity contribution >= 4 is 24.2 Å². The highest BCUT2D eigenvalue weighted by Gasteiger charge is 2.37. The van der Waals surface area contributed by atoms with E-state index in [1.165, 1.54) is 16.0 Å². The maximum atomic E-state index is 3.93. The van der Waals surface area contributed by atoms with Crippen molar-refractivity contribution in [3.8, 4) is 0 Å². The number of nitrogens with one attached hydrogen (secondary N) is 1. The minimum absolute atomic E-state index is 0. The van der Waals surface area contributed by atoms with Crippen molar-refractivity contribution in [3.63, 3.8) is 0 Å². The lowest BCUT2D eigenvalue weighted by Crippen LogP contribution is -2.49. The van der Waals surface area contributed by atoms with Gasteiger partial charge in [-0.05, 0) is 36.5 Å². The Labute approximate surface area is 144 Å². The Morgan fingerprint density at radius 2 is 1.59 bits per heavy atom. The van der Waals surface area contributed by atoms with Crippen molar-refractivity contribution in [3.05, 3.63) is 65.7 Å². The molecule has 0 spiro atoms. The SMILES string of the molecule is CCC1(CC)NC(Cc2ccccc2)Sc2ccccc21.Cl. The van der Waals surface area contributed by atoms with Crippen LogP contribution in [0.25, 0.3) is 0 Å². The fourth-order valence-corrected chi connectivity index (χ4v) is 4.70. The second-order valence-corrected chi connectivity index (χ2v) is 6.97. The molecule has 1 heterocycles. The van der Waals surface area contributed by atoms with E-state index in [0.717, 1.165) is 19.3 Å². The van der Waals surface area contributed by atoms with Crippen molar-refractivity contribution in [1.29, 1.82) is 0 Å². The Bertz CT molecular complexity index is 595. The molecule has 2 aromatic carbocycles. The summed E-state index contributed by atoms with van der Waals surface area (Å²) in [5, 5.41) is 4.38. The van der Waals surface area contributed by atoms with Gasteiger partial charge in [-0.2, -0.15) is 0 Å². The van der Waals surface area contributed by atoms with Gasteiger partial charge in [0, 0.05) is 10.4 Å². The number of rotatable bonds is 4. The van der Waals surface area contributed by atoms with Crippen LogP contribution in [0.15, 0.2) is 59.5 Å². The molecule has 0 aliphatic carbocycles. The number of halogens is 1. The molecule has 0 amide bonds. The molecule has 3 rings (SSSR count). The van der Waals surface area contributed by atoms with Crippen LogP contribution in [0, 0.1) is 0 Å². The topological polar surface area (TPSA) is 12.0 Å². The van der Waals surface area contributed by atoms with E-state index in [4.69, 9.17) is 0 Å². The van der Waals surface area contributed by atoms with Gasteiger partial charge >= 0.3 is 0 Å². The second-order valence-electron chi connectivity index (χ2n) is 5.73. The predicted octanol–water partition coefficient (Wildman–Crippen LogP) is 5.39. The van der Waals surface area contributed by atoms with Crippen LogP contribution in [-0.2, 0) is 12.0 Å². The lowest BCUT2D eigenvalue weighted by atomic mass is 9.84. The maximum absolute atomic E-state index is 3.93. The fraction of sp³-hybridized carbons (Fsp3) is 0.368. The molecule has 2 aromatic rings. The van der Waals surface area contributed by atoms with Crippen LogP contribution in [0.3, 0.4) is 0 Å². The van der Waals surface area contributed by atoms with Crippen LogP contribution in [0.4, 0.5) is 0 Å². The van der Waals surface area contributed by atoms with E-state index in [9.17, 15) is 0 Å². The number of hydrogen-bond donors (Lipinski definition) is 1. The quantitative estimate of drug-likeness (QED) is 0.805. The minimum atomic E-state index is 0. The van der Waals surface area contributed by atoms with Crippen LogP contribution in [0.2, 0.25) is 0 Å². The second kappa shape index (κ2) is 7.54. The Balaban J connectivity index is 0.00000176. The highest BCUT2D eigenvalue weighted by Crippen LogP contribution is 2.43. The first-order valence-corrected chi connectivity index (χ1v) is 8.73. The molecule has 0 radical (unpaired) electrons. The largest absolute Gasteiger partial charge is 0.295 e. The molecule has 1 nitrogen and oxygen atoms in total. The molecule has 3 heteroatoms. The third-order valence-corrected chi connectivity index (χ3v) is 5.76. The summed E-state index contributed by atoms with van der Waals surface area (Å²) < 4.78 is 0. The molecular weight excluding hydrogens is 310 g/mol. The molecule has 0 aromatic heterocycles. The zero-order chi connectivity index (χ0) is 14.7. The first kappa shape index (κ1) is 17.4. The number of hydrogen-bond acceptors (Lipinski definition) is 2. The van der Waals surface area contributed by atoms with Crippen LogP contribution in [0.1, 0.15) is 37.8 Å². The highest BCUT2D eigenvalue weighted by atomic mass is 35.5. The normalized spacial score (nSPS) is 19.1. The molecule has 1 atom stereocenters. The average Bonchev–Trinajstić information content (AvgIpc) is 2.55. The first-order chi connectivity index (χ1) is 10.3. The van der Waals surface area contributed by atoms with Crippen molar-refractivity contribution in [2.24, 2.45) is 0 Å². The summed E-state index contributed by atoms with van der Waals surface area (Å²) in [4.78, 5) is 1.45. The zero-order valence-electron chi connectivity index (χ0n) is 13.2. The van der Waals surface area contributed by atoms with Crippen molar-refractivity contribution in [2.45, 2.75) is 48.9 Å². The lowest BCUT2D eigenvalue weighted by molar-refractivity contribution is 0.288. The van der Waals surface area contributed by atoms with Crippen LogP contribution >= 0.6 is 24.2 Å². The van der Waals surface area contributed by atoms with E-state index in [-0.39, 0.29) is 17.9 Å². The fourth-order valence-electron chi connectivity index (χ4n) is 3.29. The van der Waals surface area contributed by atoms with E-state index < -0.39 is 0 Å². The first-order valence-electron chi connectivity index (χ1n) is 7.85. The van der Waals surface area contributed by atoms with Gasteiger partial charge < -0.3 is 0 Å².